The van der Waals surface area contributed by atoms with Gasteiger partial charge in [0.2, 0.25) is 0 Å². The highest BCUT2D eigenvalue weighted by molar-refractivity contribution is 9.10. The van der Waals surface area contributed by atoms with E-state index in [2.05, 4.69) is 33.6 Å². The van der Waals surface area contributed by atoms with Crippen LogP contribution in [0.1, 0.15) is 6.42 Å². The van der Waals surface area contributed by atoms with Crippen molar-refractivity contribution in [1.82, 2.24) is 0 Å². The van der Waals surface area contributed by atoms with Gasteiger partial charge in [-0.05, 0) is 22.0 Å². The maximum atomic E-state index is 5.58. The summed E-state index contributed by atoms with van der Waals surface area (Å²) >= 11 is 7.70. The molecule has 1 aromatic carbocycles. The Kier molecular flexibility index (Phi) is 3.21. The van der Waals surface area contributed by atoms with E-state index in [-0.39, 0.29) is 0 Å². The molecule has 1 heterocycles. The van der Waals surface area contributed by atoms with Crippen molar-refractivity contribution in [3.8, 4) is 11.5 Å². The second-order valence-electron chi connectivity index (χ2n) is 3.08. The summed E-state index contributed by atoms with van der Waals surface area (Å²) in [5.74, 6) is 1.50. The molecule has 3 nitrogen and oxygen atoms in total. The topological polar surface area (TPSA) is 30.8 Å². The van der Waals surface area contributed by atoms with E-state index in [0.717, 1.165) is 33.1 Å². The molecule has 0 aliphatic carbocycles. The third-order valence-electron chi connectivity index (χ3n) is 2.05. The van der Waals surface area contributed by atoms with Crippen molar-refractivity contribution in [2.45, 2.75) is 6.42 Å². The minimum Gasteiger partial charge on any atom is -0.497 e. The normalized spacial score (nSPS) is 14.7. The lowest BCUT2D eigenvalue weighted by Gasteiger charge is -2.09. The number of thiol groups is 1. The fourth-order valence-electron chi connectivity index (χ4n) is 1.34. The smallest absolute Gasteiger partial charge is 0.159 e. The third kappa shape index (κ3) is 2.29. The molecule has 2 rings (SSSR count). The van der Waals surface area contributed by atoms with Crippen LogP contribution in [-0.2, 0) is 0 Å². The van der Waals surface area contributed by atoms with E-state index in [1.54, 1.807) is 7.11 Å². The first-order valence-electron chi connectivity index (χ1n) is 4.47. The highest BCUT2D eigenvalue weighted by atomic mass is 79.9. The van der Waals surface area contributed by atoms with Crippen LogP contribution in [-0.4, -0.2) is 18.8 Å². The van der Waals surface area contributed by atoms with E-state index < -0.39 is 0 Å². The highest BCUT2D eigenvalue weighted by Gasteiger charge is 2.14. The van der Waals surface area contributed by atoms with Gasteiger partial charge in [-0.3, -0.25) is 0 Å². The average Bonchev–Trinajstić information content (AvgIpc) is 2.39. The third-order valence-corrected chi connectivity index (χ3v) is 2.97. The minimum absolute atomic E-state index is 0.597. The number of nitrogens with zero attached hydrogens (tertiary/aromatic N) is 1. The summed E-state index contributed by atoms with van der Waals surface area (Å²) in [5.41, 5.74) is 0.753. The summed E-state index contributed by atoms with van der Waals surface area (Å²) in [6.07, 6.45) is 0.729. The molecule has 5 heteroatoms. The Labute approximate surface area is 102 Å². The van der Waals surface area contributed by atoms with Crippen LogP contribution in [0.15, 0.2) is 21.6 Å². The van der Waals surface area contributed by atoms with Gasteiger partial charge in [-0.15, -0.1) is 12.6 Å². The van der Waals surface area contributed by atoms with Gasteiger partial charge in [0.15, 0.2) is 5.75 Å². The van der Waals surface area contributed by atoms with Crippen molar-refractivity contribution < 1.29 is 9.47 Å². The molecule has 1 aliphatic heterocycles. The fourth-order valence-corrected chi connectivity index (χ4v) is 2.08. The van der Waals surface area contributed by atoms with Gasteiger partial charge in [0.25, 0.3) is 0 Å². The fraction of sp³-hybridized carbons (Fsp3) is 0.300. The van der Waals surface area contributed by atoms with Gasteiger partial charge in [-0.2, -0.15) is 0 Å². The standard InChI is InChI=1S/C10H10BrNO2S/c1-13-6-4-7(11)10-8(5-6)12-9(15)2-3-14-10/h4-5H,2-3H2,1H3,(H,12,15). The van der Waals surface area contributed by atoms with Crippen molar-refractivity contribution in [3.05, 3.63) is 16.6 Å². The molecule has 0 bridgehead atoms. The largest absolute Gasteiger partial charge is 0.497 e. The summed E-state index contributed by atoms with van der Waals surface area (Å²) in [7, 11) is 1.62. The molecule has 0 N–H and O–H groups in total. The van der Waals surface area contributed by atoms with E-state index >= 15 is 0 Å². The molecule has 0 atom stereocenters. The Morgan fingerprint density at radius 1 is 1.53 bits per heavy atom. The number of ether oxygens (including phenoxy) is 2. The lowest BCUT2D eigenvalue weighted by Crippen LogP contribution is -1.98. The molecule has 80 valence electrons. The van der Waals surface area contributed by atoms with Gasteiger partial charge in [0, 0.05) is 12.5 Å². The number of methoxy groups -OCH3 is 1. The number of benzene rings is 1. The van der Waals surface area contributed by atoms with Crippen LogP contribution in [0.5, 0.6) is 11.5 Å². The second-order valence-corrected chi connectivity index (χ2v) is 4.45. The van der Waals surface area contributed by atoms with Crippen LogP contribution in [0, 0.1) is 0 Å². The van der Waals surface area contributed by atoms with E-state index in [9.17, 15) is 0 Å². The van der Waals surface area contributed by atoms with Crippen LogP contribution in [0.2, 0.25) is 0 Å². The minimum atomic E-state index is 0.597. The van der Waals surface area contributed by atoms with Gasteiger partial charge in [-0.25, -0.2) is 4.99 Å². The van der Waals surface area contributed by atoms with E-state index in [1.165, 1.54) is 0 Å². The zero-order valence-corrected chi connectivity index (χ0v) is 10.6. The van der Waals surface area contributed by atoms with E-state index in [4.69, 9.17) is 9.47 Å². The van der Waals surface area contributed by atoms with Gasteiger partial charge in [-0.1, -0.05) is 0 Å². The molecule has 0 saturated heterocycles. The number of rotatable bonds is 1. The average molecular weight is 288 g/mol. The second kappa shape index (κ2) is 4.45. The number of halogens is 1. The molecule has 0 unspecified atom stereocenters. The Morgan fingerprint density at radius 3 is 3.07 bits per heavy atom. The van der Waals surface area contributed by atoms with Gasteiger partial charge < -0.3 is 9.47 Å². The molecular weight excluding hydrogens is 278 g/mol. The summed E-state index contributed by atoms with van der Waals surface area (Å²) < 4.78 is 11.6. The molecular formula is C10H10BrNO2S. The molecule has 0 spiro atoms. The maximum Gasteiger partial charge on any atom is 0.159 e. The zero-order valence-electron chi connectivity index (χ0n) is 8.16. The number of hydrogen-bond donors (Lipinski definition) is 1. The predicted octanol–water partition coefficient (Wildman–Crippen LogP) is 3.20. The number of aliphatic imine (C=N–C) groups is 1. The maximum absolute atomic E-state index is 5.58. The molecule has 0 saturated carbocycles. The SMILES string of the molecule is COc1cc(Br)c2c(c1)N=C(S)CCO2. The Morgan fingerprint density at radius 2 is 2.33 bits per heavy atom. The van der Waals surface area contributed by atoms with Crippen molar-refractivity contribution in [1.29, 1.82) is 0 Å². The Hall–Kier alpha value is -0.680. The lowest BCUT2D eigenvalue weighted by atomic mass is 10.3. The first-order chi connectivity index (χ1) is 7.20. The molecule has 0 fully saturated rings. The summed E-state index contributed by atoms with van der Waals surface area (Å²) in [6, 6.07) is 3.69. The monoisotopic (exact) mass is 287 g/mol. The van der Waals surface area contributed by atoms with Gasteiger partial charge in [0.05, 0.1) is 23.2 Å². The van der Waals surface area contributed by atoms with Crippen LogP contribution in [0.4, 0.5) is 5.69 Å². The quantitative estimate of drug-likeness (QED) is 0.804. The Bertz CT molecular complexity index is 420. The first kappa shape index (κ1) is 10.8. The predicted molar refractivity (Wildman–Crippen MR) is 66.9 cm³/mol. The van der Waals surface area contributed by atoms with Gasteiger partial charge in [0.1, 0.15) is 11.4 Å². The molecule has 1 aliphatic rings. The van der Waals surface area contributed by atoms with Crippen molar-refractivity contribution in [2.24, 2.45) is 4.99 Å². The zero-order chi connectivity index (χ0) is 10.8. The number of hydrogen-bond acceptors (Lipinski definition) is 3. The summed E-state index contributed by atoms with van der Waals surface area (Å²) in [5, 5.41) is 0.772. The van der Waals surface area contributed by atoms with E-state index in [0.29, 0.717) is 6.61 Å². The van der Waals surface area contributed by atoms with Crippen molar-refractivity contribution in [2.75, 3.05) is 13.7 Å². The first-order valence-corrected chi connectivity index (χ1v) is 5.71. The van der Waals surface area contributed by atoms with Crippen LogP contribution in [0.3, 0.4) is 0 Å². The molecule has 1 aromatic rings. The molecule has 0 aromatic heterocycles. The summed E-state index contributed by atoms with van der Waals surface area (Å²) in [6.45, 7) is 0.597. The number of fused-ring (bicyclic) bond motifs is 1. The molecule has 15 heavy (non-hydrogen) atoms. The highest BCUT2D eigenvalue weighted by Crippen LogP contribution is 2.40. The van der Waals surface area contributed by atoms with Crippen LogP contribution >= 0.6 is 28.6 Å². The lowest BCUT2D eigenvalue weighted by molar-refractivity contribution is 0.330. The molecule has 0 radical (unpaired) electrons. The van der Waals surface area contributed by atoms with Crippen LogP contribution < -0.4 is 9.47 Å². The summed E-state index contributed by atoms with van der Waals surface area (Å²) in [4.78, 5) is 4.35. The van der Waals surface area contributed by atoms with Crippen LogP contribution in [0.25, 0.3) is 0 Å². The Balaban J connectivity index is 2.54. The van der Waals surface area contributed by atoms with Crippen molar-refractivity contribution in [3.63, 3.8) is 0 Å². The van der Waals surface area contributed by atoms with Gasteiger partial charge >= 0.3 is 0 Å². The van der Waals surface area contributed by atoms with Crippen molar-refractivity contribution >= 4 is 39.3 Å². The molecule has 0 amide bonds. The van der Waals surface area contributed by atoms with E-state index in [1.807, 2.05) is 12.1 Å².